The zero-order valence-corrected chi connectivity index (χ0v) is 6.49. The summed E-state index contributed by atoms with van der Waals surface area (Å²) in [5, 5.41) is 14.1. The van der Waals surface area contributed by atoms with E-state index in [4.69, 9.17) is 0 Å². The van der Waals surface area contributed by atoms with E-state index in [1.165, 1.54) is 18.5 Å². The SMILES string of the molecule is O=[N+]([O-])c1ccn(C2=N[N]C=C2)c1. The maximum absolute atomic E-state index is 10.3. The molecule has 1 radical (unpaired) electrons. The summed E-state index contributed by atoms with van der Waals surface area (Å²) >= 11 is 0. The Morgan fingerprint density at radius 3 is 2.92 bits per heavy atom. The molecule has 0 aliphatic carbocycles. The Morgan fingerprint density at radius 2 is 2.38 bits per heavy atom. The fraction of sp³-hybridized carbons (Fsp3) is 0. The van der Waals surface area contributed by atoms with Gasteiger partial charge >= 0.3 is 0 Å². The van der Waals surface area contributed by atoms with Gasteiger partial charge in [0.15, 0.2) is 5.84 Å². The molecule has 0 fully saturated rings. The molecule has 0 amide bonds. The number of nitro groups is 1. The van der Waals surface area contributed by atoms with Crippen LogP contribution in [0, 0.1) is 10.1 Å². The molecule has 0 spiro atoms. The van der Waals surface area contributed by atoms with Crippen molar-refractivity contribution >= 4 is 11.5 Å². The van der Waals surface area contributed by atoms with Crippen LogP contribution in [0.4, 0.5) is 5.69 Å². The molecule has 13 heavy (non-hydrogen) atoms. The lowest BCUT2D eigenvalue weighted by molar-refractivity contribution is -0.384. The van der Waals surface area contributed by atoms with Gasteiger partial charge in [-0.15, -0.1) is 5.10 Å². The summed E-state index contributed by atoms with van der Waals surface area (Å²) in [5.74, 6) is 0.577. The summed E-state index contributed by atoms with van der Waals surface area (Å²) in [7, 11) is 0. The van der Waals surface area contributed by atoms with E-state index in [2.05, 4.69) is 10.5 Å². The Morgan fingerprint density at radius 1 is 1.54 bits per heavy atom. The average Bonchev–Trinajstić information content (AvgIpc) is 2.75. The summed E-state index contributed by atoms with van der Waals surface area (Å²) in [6.45, 7) is 0. The van der Waals surface area contributed by atoms with Crippen LogP contribution in [0.2, 0.25) is 0 Å². The second kappa shape index (κ2) is 2.74. The van der Waals surface area contributed by atoms with Gasteiger partial charge in [0.2, 0.25) is 0 Å². The van der Waals surface area contributed by atoms with Gasteiger partial charge in [-0.1, -0.05) is 0 Å². The molecular weight excluding hydrogens is 172 g/mol. The van der Waals surface area contributed by atoms with Crippen LogP contribution in [0.15, 0.2) is 35.8 Å². The molecule has 1 aromatic heterocycles. The summed E-state index contributed by atoms with van der Waals surface area (Å²) in [6.07, 6.45) is 6.16. The molecule has 65 valence electrons. The number of nitrogens with zero attached hydrogens (tertiary/aromatic N) is 4. The molecule has 0 saturated heterocycles. The van der Waals surface area contributed by atoms with E-state index >= 15 is 0 Å². The monoisotopic (exact) mass is 177 g/mol. The molecule has 1 aliphatic heterocycles. The highest BCUT2D eigenvalue weighted by Gasteiger charge is 2.10. The molecule has 0 saturated carbocycles. The third-order valence-corrected chi connectivity index (χ3v) is 1.60. The standard InChI is InChI=1S/C7H5N4O2/c12-11(13)6-2-4-10(5-6)7-1-3-8-9-7/h1-5H. The van der Waals surface area contributed by atoms with Crippen molar-refractivity contribution in [2.75, 3.05) is 0 Å². The van der Waals surface area contributed by atoms with Crippen molar-refractivity contribution in [3.63, 3.8) is 0 Å². The van der Waals surface area contributed by atoms with Crippen molar-refractivity contribution in [2.45, 2.75) is 0 Å². The summed E-state index contributed by atoms with van der Waals surface area (Å²) in [4.78, 5) is 9.89. The zero-order chi connectivity index (χ0) is 9.26. The summed E-state index contributed by atoms with van der Waals surface area (Å²) in [6, 6.07) is 1.41. The molecule has 1 aromatic rings. The molecule has 0 unspecified atom stereocenters. The molecule has 0 bridgehead atoms. The summed E-state index contributed by atoms with van der Waals surface area (Å²) in [5.41, 5.74) is 3.66. The van der Waals surface area contributed by atoms with Crippen LogP contribution < -0.4 is 5.43 Å². The highest BCUT2D eigenvalue weighted by Crippen LogP contribution is 2.11. The van der Waals surface area contributed by atoms with Gasteiger partial charge in [-0.25, -0.2) is 0 Å². The molecule has 0 atom stereocenters. The molecule has 2 rings (SSSR count). The van der Waals surface area contributed by atoms with Crippen LogP contribution in [-0.2, 0) is 0 Å². The van der Waals surface area contributed by atoms with Crippen LogP contribution in [0.5, 0.6) is 0 Å². The Bertz CT molecular complexity index is 404. The van der Waals surface area contributed by atoms with Gasteiger partial charge in [-0.2, -0.15) is 5.43 Å². The van der Waals surface area contributed by atoms with E-state index in [0.717, 1.165) is 0 Å². The van der Waals surface area contributed by atoms with E-state index in [1.54, 1.807) is 16.8 Å². The fourth-order valence-electron chi connectivity index (χ4n) is 0.999. The van der Waals surface area contributed by atoms with Gasteiger partial charge in [0.1, 0.15) is 0 Å². The predicted octanol–water partition coefficient (Wildman–Crippen LogP) is 0.690. The number of aromatic nitrogens is 1. The topological polar surface area (TPSA) is 74.5 Å². The van der Waals surface area contributed by atoms with Crippen molar-refractivity contribution in [1.29, 1.82) is 0 Å². The fourth-order valence-corrected chi connectivity index (χ4v) is 0.999. The third-order valence-electron chi connectivity index (χ3n) is 1.60. The van der Waals surface area contributed by atoms with Gasteiger partial charge in [0, 0.05) is 18.3 Å². The number of rotatable bonds is 1. The first-order valence-corrected chi connectivity index (χ1v) is 3.54. The Kier molecular flexibility index (Phi) is 1.59. The first-order valence-electron chi connectivity index (χ1n) is 3.54. The van der Waals surface area contributed by atoms with E-state index in [1.807, 2.05) is 0 Å². The second-order valence-electron chi connectivity index (χ2n) is 2.42. The van der Waals surface area contributed by atoms with Gasteiger partial charge in [-0.3, -0.25) is 14.7 Å². The van der Waals surface area contributed by atoms with Crippen molar-refractivity contribution in [1.82, 2.24) is 9.99 Å². The number of hydrogen-bond donors (Lipinski definition) is 0. The lowest BCUT2D eigenvalue weighted by atomic mass is 10.5. The maximum Gasteiger partial charge on any atom is 0.287 e. The quantitative estimate of drug-likeness (QED) is 0.467. The minimum atomic E-state index is -0.452. The van der Waals surface area contributed by atoms with Crippen LogP contribution >= 0.6 is 0 Å². The van der Waals surface area contributed by atoms with Gasteiger partial charge in [0.25, 0.3) is 5.69 Å². The van der Waals surface area contributed by atoms with E-state index in [9.17, 15) is 10.1 Å². The largest absolute Gasteiger partial charge is 0.300 e. The molecule has 6 nitrogen and oxygen atoms in total. The molecule has 1 aliphatic rings. The van der Waals surface area contributed by atoms with Crippen molar-refractivity contribution in [3.8, 4) is 0 Å². The van der Waals surface area contributed by atoms with E-state index in [-0.39, 0.29) is 5.69 Å². The maximum atomic E-state index is 10.3. The van der Waals surface area contributed by atoms with Crippen LogP contribution in [0.25, 0.3) is 0 Å². The van der Waals surface area contributed by atoms with Crippen molar-refractivity contribution < 1.29 is 4.92 Å². The van der Waals surface area contributed by atoms with Gasteiger partial charge in [-0.05, 0) is 0 Å². The Labute approximate surface area is 73.3 Å². The number of allylic oxidation sites excluding steroid dienone is 1. The van der Waals surface area contributed by atoms with Gasteiger partial charge < -0.3 is 0 Å². The first kappa shape index (κ1) is 7.53. The second-order valence-corrected chi connectivity index (χ2v) is 2.42. The van der Waals surface area contributed by atoms with Gasteiger partial charge in [0.05, 0.1) is 17.3 Å². The highest BCUT2D eigenvalue weighted by atomic mass is 16.6. The molecule has 0 N–H and O–H groups in total. The minimum Gasteiger partial charge on any atom is -0.300 e. The molecule has 0 aromatic carbocycles. The smallest absolute Gasteiger partial charge is 0.287 e. The van der Waals surface area contributed by atoms with E-state index < -0.39 is 4.92 Å². The Balaban J connectivity index is 2.32. The summed E-state index contributed by atoms with van der Waals surface area (Å²) < 4.78 is 1.55. The molecular formula is C7H5N4O2. The average molecular weight is 177 g/mol. The Hall–Kier alpha value is -2.11. The zero-order valence-electron chi connectivity index (χ0n) is 6.49. The van der Waals surface area contributed by atoms with Crippen LogP contribution in [0.3, 0.4) is 0 Å². The predicted molar refractivity (Wildman–Crippen MR) is 45.2 cm³/mol. The van der Waals surface area contributed by atoms with Crippen molar-refractivity contribution in [2.24, 2.45) is 5.10 Å². The first-order chi connectivity index (χ1) is 6.27. The number of hydrogen-bond acceptors (Lipinski definition) is 3. The molecule has 6 heteroatoms. The minimum absolute atomic E-state index is 0.0444. The van der Waals surface area contributed by atoms with E-state index in [0.29, 0.717) is 5.84 Å². The van der Waals surface area contributed by atoms with Crippen LogP contribution in [-0.4, -0.2) is 15.3 Å². The molecule has 2 heterocycles. The lowest BCUT2D eigenvalue weighted by Gasteiger charge is -1.93. The normalized spacial score (nSPS) is 14.0. The van der Waals surface area contributed by atoms with Crippen molar-refractivity contribution in [3.05, 3.63) is 40.9 Å². The highest BCUT2D eigenvalue weighted by molar-refractivity contribution is 5.96. The lowest BCUT2D eigenvalue weighted by Crippen LogP contribution is -2.03. The third kappa shape index (κ3) is 1.28. The van der Waals surface area contributed by atoms with Crippen LogP contribution in [0.1, 0.15) is 0 Å².